The van der Waals surface area contributed by atoms with E-state index >= 15 is 0 Å². The molecule has 1 aromatic heterocycles. The summed E-state index contributed by atoms with van der Waals surface area (Å²) in [6.45, 7) is 6.82. The Kier molecular flexibility index (Phi) is 6.45. The highest BCUT2D eigenvalue weighted by Crippen LogP contribution is 2.51. The molecule has 3 heterocycles. The molecular formula is C32H36N4O2. The maximum Gasteiger partial charge on any atom is 0.231 e. The third-order valence-corrected chi connectivity index (χ3v) is 9.47. The first-order valence-corrected chi connectivity index (χ1v) is 14.0. The van der Waals surface area contributed by atoms with Crippen molar-refractivity contribution < 1.29 is 9.90 Å². The number of rotatable bonds is 5. The average molecular weight is 509 g/mol. The second-order valence-electron chi connectivity index (χ2n) is 11.6. The summed E-state index contributed by atoms with van der Waals surface area (Å²) in [5.74, 6) is -0.0871. The minimum Gasteiger partial charge on any atom is -0.391 e. The Morgan fingerprint density at radius 2 is 2.03 bits per heavy atom. The van der Waals surface area contributed by atoms with Gasteiger partial charge in [0.2, 0.25) is 5.91 Å². The lowest BCUT2D eigenvalue weighted by molar-refractivity contribution is -0.135. The van der Waals surface area contributed by atoms with Gasteiger partial charge < -0.3 is 10.0 Å². The quantitative estimate of drug-likeness (QED) is 0.641. The van der Waals surface area contributed by atoms with Gasteiger partial charge >= 0.3 is 0 Å². The predicted molar refractivity (Wildman–Crippen MR) is 148 cm³/mol. The van der Waals surface area contributed by atoms with Gasteiger partial charge in [-0.1, -0.05) is 61.9 Å². The molecule has 1 aromatic rings. The van der Waals surface area contributed by atoms with Gasteiger partial charge in [0.15, 0.2) is 0 Å². The van der Waals surface area contributed by atoms with E-state index in [2.05, 4.69) is 59.0 Å². The number of piperidine rings is 1. The number of pyridine rings is 1. The fourth-order valence-corrected chi connectivity index (χ4v) is 7.23. The van der Waals surface area contributed by atoms with Crippen LogP contribution in [0.25, 0.3) is 6.08 Å². The fourth-order valence-electron chi connectivity index (χ4n) is 7.23. The molecule has 0 radical (unpaired) electrons. The van der Waals surface area contributed by atoms with Crippen LogP contribution in [0, 0.1) is 22.7 Å². The van der Waals surface area contributed by atoms with Crippen molar-refractivity contribution in [3.63, 3.8) is 0 Å². The van der Waals surface area contributed by atoms with Gasteiger partial charge in [0.1, 0.15) is 5.41 Å². The summed E-state index contributed by atoms with van der Waals surface area (Å²) < 4.78 is 0. The van der Waals surface area contributed by atoms with Crippen molar-refractivity contribution in [3.05, 3.63) is 83.8 Å². The van der Waals surface area contributed by atoms with Crippen molar-refractivity contribution >= 4 is 12.0 Å². The number of aromatic nitrogens is 1. The van der Waals surface area contributed by atoms with Crippen molar-refractivity contribution in [2.45, 2.75) is 56.1 Å². The number of allylic oxidation sites excluding steroid dienone is 3. The Bertz CT molecular complexity index is 1290. The molecule has 5 aliphatic rings. The monoisotopic (exact) mass is 508 g/mol. The summed E-state index contributed by atoms with van der Waals surface area (Å²) in [5.41, 5.74) is 3.07. The van der Waals surface area contributed by atoms with Crippen LogP contribution in [0.5, 0.6) is 0 Å². The number of amides is 1. The van der Waals surface area contributed by atoms with Gasteiger partial charge in [-0.25, -0.2) is 0 Å². The van der Waals surface area contributed by atoms with Crippen LogP contribution in [0.3, 0.4) is 0 Å². The second-order valence-corrected chi connectivity index (χ2v) is 11.6. The van der Waals surface area contributed by atoms with Gasteiger partial charge in [0.05, 0.1) is 35.5 Å². The van der Waals surface area contributed by atoms with Gasteiger partial charge in [-0.3, -0.25) is 14.7 Å². The summed E-state index contributed by atoms with van der Waals surface area (Å²) in [6, 6.07) is 8.33. The molecule has 1 N–H and O–H groups in total. The van der Waals surface area contributed by atoms with Gasteiger partial charge in [-0.2, -0.15) is 5.26 Å². The van der Waals surface area contributed by atoms with E-state index in [4.69, 9.17) is 0 Å². The molecule has 1 spiro atoms. The highest BCUT2D eigenvalue weighted by Gasteiger charge is 2.55. The molecule has 2 saturated heterocycles. The Morgan fingerprint density at radius 1 is 1.21 bits per heavy atom. The number of likely N-dealkylation sites (tertiary alicyclic amines) is 2. The van der Waals surface area contributed by atoms with Gasteiger partial charge in [-0.05, 0) is 55.0 Å². The van der Waals surface area contributed by atoms with Gasteiger partial charge in [0.25, 0.3) is 0 Å². The Hall–Kier alpha value is -3.27. The maximum atomic E-state index is 13.8. The number of hydrogen-bond donors (Lipinski definition) is 1. The number of hydrogen-bond acceptors (Lipinski definition) is 5. The number of carbonyl (C=O) groups excluding carboxylic acids is 1. The van der Waals surface area contributed by atoms with Crippen molar-refractivity contribution in [2.24, 2.45) is 11.3 Å². The van der Waals surface area contributed by atoms with E-state index in [0.29, 0.717) is 6.54 Å². The van der Waals surface area contributed by atoms with E-state index in [9.17, 15) is 15.2 Å². The molecule has 1 amide bonds. The normalized spacial score (nSPS) is 32.2. The zero-order valence-electron chi connectivity index (χ0n) is 21.9. The SMILES string of the molecule is C=Cc1cccc(C2(C#N)CCN(CC3=CC4C(=O)N([C@H]5CCCC[C@@H]5O)CC45C=CC=CC5=C3)CC2)n1. The minimum absolute atomic E-state index is 0.0805. The number of carbonyl (C=O) groups is 1. The number of aliphatic hydroxyl groups excluding tert-OH is 1. The molecule has 4 atom stereocenters. The van der Waals surface area contributed by atoms with Crippen molar-refractivity contribution in [1.29, 1.82) is 5.26 Å². The molecule has 3 fully saturated rings. The second kappa shape index (κ2) is 9.80. The molecule has 0 aromatic carbocycles. The highest BCUT2D eigenvalue weighted by atomic mass is 16.3. The molecule has 1 saturated carbocycles. The average Bonchev–Trinajstić information content (AvgIpc) is 3.24. The van der Waals surface area contributed by atoms with Crippen LogP contribution in [0.15, 0.2) is 72.4 Å². The van der Waals surface area contributed by atoms with Crippen molar-refractivity contribution in [1.82, 2.24) is 14.8 Å². The lowest BCUT2D eigenvalue weighted by Gasteiger charge is -2.39. The smallest absolute Gasteiger partial charge is 0.231 e. The zero-order valence-corrected chi connectivity index (χ0v) is 21.9. The van der Waals surface area contributed by atoms with Crippen LogP contribution in [-0.4, -0.2) is 64.1 Å². The van der Waals surface area contributed by atoms with Crippen LogP contribution >= 0.6 is 0 Å². The number of nitrogens with zero attached hydrogens (tertiary/aromatic N) is 4. The van der Waals surface area contributed by atoms with E-state index in [1.165, 1.54) is 5.57 Å². The molecule has 196 valence electrons. The van der Waals surface area contributed by atoms with Crippen LogP contribution in [-0.2, 0) is 10.2 Å². The third-order valence-electron chi connectivity index (χ3n) is 9.47. The highest BCUT2D eigenvalue weighted by molar-refractivity contribution is 5.87. The molecule has 3 aliphatic carbocycles. The molecular weight excluding hydrogens is 472 g/mol. The number of aliphatic hydroxyl groups is 1. The van der Waals surface area contributed by atoms with Crippen LogP contribution in [0.1, 0.15) is 49.9 Å². The largest absolute Gasteiger partial charge is 0.391 e. The fraction of sp³-hybridized carbons (Fsp3) is 0.469. The van der Waals surface area contributed by atoms with Gasteiger partial charge in [-0.15, -0.1) is 0 Å². The van der Waals surface area contributed by atoms with E-state index < -0.39 is 11.5 Å². The topological polar surface area (TPSA) is 80.5 Å². The lowest BCUT2D eigenvalue weighted by atomic mass is 9.66. The molecule has 38 heavy (non-hydrogen) atoms. The Labute approximate surface area is 225 Å². The first-order valence-electron chi connectivity index (χ1n) is 14.0. The standard InChI is InChI=1S/C32H36N4O2/c1-2-25-9-7-12-29(34-25)31(21-33)14-16-35(17-15-31)20-23-18-24-8-5-6-13-32(24)22-36(30(38)26(32)19-23)27-10-3-4-11-28(27)37/h2,5-9,12-13,18-19,26-28,37H,1,3-4,10-11,14-17,20,22H2/t26?,27-,28-,32?/m0/s1. The minimum atomic E-state index is -0.580. The predicted octanol–water partition coefficient (Wildman–Crippen LogP) is 4.32. The molecule has 2 aliphatic heterocycles. The van der Waals surface area contributed by atoms with Crippen LogP contribution in [0.2, 0.25) is 0 Å². The summed E-state index contributed by atoms with van der Waals surface area (Å²) in [4.78, 5) is 22.9. The zero-order chi connectivity index (χ0) is 26.3. The molecule has 0 bridgehead atoms. The Morgan fingerprint density at radius 3 is 2.79 bits per heavy atom. The summed E-state index contributed by atoms with van der Waals surface area (Å²) in [5, 5.41) is 20.9. The first-order chi connectivity index (χ1) is 18.5. The number of nitriles is 1. The van der Waals surface area contributed by atoms with Gasteiger partial charge in [0, 0.05) is 31.6 Å². The summed E-state index contributed by atoms with van der Waals surface area (Å²) >= 11 is 0. The maximum absolute atomic E-state index is 13.8. The van der Waals surface area contributed by atoms with Crippen molar-refractivity contribution in [2.75, 3.05) is 26.2 Å². The molecule has 6 nitrogen and oxygen atoms in total. The van der Waals surface area contributed by atoms with E-state index in [-0.39, 0.29) is 23.3 Å². The summed E-state index contributed by atoms with van der Waals surface area (Å²) in [7, 11) is 0. The van der Waals surface area contributed by atoms with Crippen LogP contribution < -0.4 is 0 Å². The Balaban J connectivity index is 1.20. The molecule has 6 rings (SSSR count). The van der Waals surface area contributed by atoms with Crippen molar-refractivity contribution in [3.8, 4) is 6.07 Å². The first kappa shape index (κ1) is 25.0. The lowest BCUT2D eigenvalue weighted by Crippen LogP contribution is -2.47. The molecule has 6 heteroatoms. The van der Waals surface area contributed by atoms with E-state index in [0.717, 1.165) is 75.1 Å². The van der Waals surface area contributed by atoms with E-state index in [1.807, 2.05) is 23.1 Å². The summed E-state index contributed by atoms with van der Waals surface area (Å²) in [6.07, 6.45) is 19.4. The third kappa shape index (κ3) is 4.09. The van der Waals surface area contributed by atoms with E-state index in [1.54, 1.807) is 6.08 Å². The molecule has 2 unspecified atom stereocenters. The van der Waals surface area contributed by atoms with Crippen LogP contribution in [0.4, 0.5) is 0 Å².